The molecule has 23 heavy (non-hydrogen) atoms. The maximum Gasteiger partial charge on any atom is 0.387 e. The van der Waals surface area contributed by atoms with E-state index in [9.17, 15) is 22.8 Å². The summed E-state index contributed by atoms with van der Waals surface area (Å²) >= 11 is 0. The minimum Gasteiger partial charge on any atom is -0.480 e. The quantitative estimate of drug-likeness (QED) is 0.845. The van der Waals surface area contributed by atoms with Crippen LogP contribution in [0.1, 0.15) is 10.5 Å². The van der Waals surface area contributed by atoms with E-state index in [4.69, 9.17) is 5.11 Å². The Labute approximate surface area is 127 Å². The Hall–Kier alpha value is -3.04. The standard InChI is InChI=1S/C13H10F3N3O4/c14-7-1-2-8(10(5-7)23-13(15)16)18-12(22)9-3-4-17-19(9)6-11(20)21/h1-5,13H,6H2,(H,18,22)(H,20,21). The monoisotopic (exact) mass is 329 g/mol. The van der Waals surface area contributed by atoms with Gasteiger partial charge in [-0.15, -0.1) is 0 Å². The third-order valence-corrected chi connectivity index (χ3v) is 2.64. The highest BCUT2D eigenvalue weighted by molar-refractivity contribution is 6.04. The van der Waals surface area contributed by atoms with Crippen molar-refractivity contribution in [3.05, 3.63) is 42.0 Å². The third-order valence-electron chi connectivity index (χ3n) is 2.64. The maximum atomic E-state index is 13.1. The second-order valence-electron chi connectivity index (χ2n) is 4.24. The lowest BCUT2D eigenvalue weighted by atomic mass is 10.2. The van der Waals surface area contributed by atoms with Gasteiger partial charge < -0.3 is 15.2 Å². The molecule has 1 aromatic heterocycles. The van der Waals surface area contributed by atoms with Crippen molar-refractivity contribution < 1.29 is 32.6 Å². The molecule has 1 heterocycles. The molecule has 0 saturated heterocycles. The van der Waals surface area contributed by atoms with Crippen molar-refractivity contribution in [1.29, 1.82) is 0 Å². The minimum atomic E-state index is -3.20. The summed E-state index contributed by atoms with van der Waals surface area (Å²) in [6.45, 7) is -3.76. The molecule has 7 nitrogen and oxygen atoms in total. The van der Waals surface area contributed by atoms with Crippen molar-refractivity contribution in [2.75, 3.05) is 5.32 Å². The fourth-order valence-electron chi connectivity index (χ4n) is 1.76. The van der Waals surface area contributed by atoms with Gasteiger partial charge in [0.15, 0.2) is 5.75 Å². The largest absolute Gasteiger partial charge is 0.480 e. The zero-order chi connectivity index (χ0) is 17.0. The molecule has 0 aliphatic carbocycles. The number of carbonyl (C=O) groups excluding carboxylic acids is 1. The van der Waals surface area contributed by atoms with Crippen molar-refractivity contribution in [2.45, 2.75) is 13.2 Å². The smallest absolute Gasteiger partial charge is 0.387 e. The minimum absolute atomic E-state index is 0.111. The second kappa shape index (κ2) is 6.81. The number of nitrogens with zero attached hydrogens (tertiary/aromatic N) is 2. The van der Waals surface area contributed by atoms with Gasteiger partial charge in [0.1, 0.15) is 18.1 Å². The molecule has 2 N–H and O–H groups in total. The van der Waals surface area contributed by atoms with Crippen molar-refractivity contribution in [3.63, 3.8) is 0 Å². The fraction of sp³-hybridized carbons (Fsp3) is 0.154. The number of carboxylic acid groups (broad SMARTS) is 1. The number of carbonyl (C=O) groups is 2. The lowest BCUT2D eigenvalue weighted by Gasteiger charge is -2.12. The topological polar surface area (TPSA) is 93.5 Å². The molecule has 0 aliphatic heterocycles. The summed E-state index contributed by atoms with van der Waals surface area (Å²) in [7, 11) is 0. The highest BCUT2D eigenvalue weighted by atomic mass is 19.3. The molecule has 0 unspecified atom stereocenters. The van der Waals surface area contributed by atoms with Gasteiger partial charge in [0.25, 0.3) is 5.91 Å². The van der Waals surface area contributed by atoms with Crippen LogP contribution in [-0.2, 0) is 11.3 Å². The number of ether oxygens (including phenoxy) is 1. The van der Waals surface area contributed by atoms with Crippen LogP contribution in [0.15, 0.2) is 30.5 Å². The molecule has 0 bridgehead atoms. The van der Waals surface area contributed by atoms with Crippen LogP contribution in [0.4, 0.5) is 18.9 Å². The molecule has 2 aromatic rings. The number of alkyl halides is 2. The lowest BCUT2D eigenvalue weighted by molar-refractivity contribution is -0.137. The van der Waals surface area contributed by atoms with E-state index in [1.807, 2.05) is 0 Å². The molecule has 1 amide bonds. The van der Waals surface area contributed by atoms with Crippen molar-refractivity contribution >= 4 is 17.6 Å². The van der Waals surface area contributed by atoms with Crippen LogP contribution in [-0.4, -0.2) is 33.4 Å². The zero-order valence-corrected chi connectivity index (χ0v) is 11.4. The Balaban J connectivity index is 2.24. The van der Waals surface area contributed by atoms with Crippen molar-refractivity contribution in [2.24, 2.45) is 0 Å². The Morgan fingerprint density at radius 2 is 2.09 bits per heavy atom. The molecule has 0 radical (unpaired) electrons. The first-order chi connectivity index (χ1) is 10.9. The molecule has 0 fully saturated rings. The second-order valence-corrected chi connectivity index (χ2v) is 4.24. The van der Waals surface area contributed by atoms with E-state index < -0.39 is 36.6 Å². The summed E-state index contributed by atoms with van der Waals surface area (Å²) in [6, 6.07) is 3.93. The SMILES string of the molecule is O=C(O)Cn1nccc1C(=O)Nc1ccc(F)cc1OC(F)F. The van der Waals surface area contributed by atoms with Crippen LogP contribution in [0, 0.1) is 5.82 Å². The maximum absolute atomic E-state index is 13.1. The average molecular weight is 329 g/mol. The number of rotatable bonds is 6. The molecular weight excluding hydrogens is 319 g/mol. The van der Waals surface area contributed by atoms with Gasteiger partial charge in [-0.3, -0.25) is 9.59 Å². The Morgan fingerprint density at radius 3 is 2.74 bits per heavy atom. The normalized spacial score (nSPS) is 10.6. The van der Waals surface area contributed by atoms with E-state index in [0.717, 1.165) is 16.8 Å². The van der Waals surface area contributed by atoms with Gasteiger partial charge in [0.2, 0.25) is 0 Å². The fourth-order valence-corrected chi connectivity index (χ4v) is 1.76. The van der Waals surface area contributed by atoms with Gasteiger partial charge in [-0.1, -0.05) is 0 Å². The number of nitrogens with one attached hydrogen (secondary N) is 1. The van der Waals surface area contributed by atoms with Gasteiger partial charge in [-0.25, -0.2) is 9.07 Å². The van der Waals surface area contributed by atoms with Crippen LogP contribution >= 0.6 is 0 Å². The zero-order valence-electron chi connectivity index (χ0n) is 11.4. The number of carboxylic acids is 1. The Bertz CT molecular complexity index is 733. The Morgan fingerprint density at radius 1 is 1.35 bits per heavy atom. The molecule has 0 spiro atoms. The van der Waals surface area contributed by atoms with Crippen LogP contribution in [0.25, 0.3) is 0 Å². The molecule has 0 saturated carbocycles. The molecular formula is C13H10F3N3O4. The molecule has 0 atom stereocenters. The predicted octanol–water partition coefficient (Wildman–Crippen LogP) is 1.96. The molecule has 1 aromatic carbocycles. The molecule has 10 heteroatoms. The molecule has 0 aliphatic rings. The van der Waals surface area contributed by atoms with Gasteiger partial charge in [-0.2, -0.15) is 13.9 Å². The van der Waals surface area contributed by atoms with Gasteiger partial charge in [0.05, 0.1) is 5.69 Å². The summed E-state index contributed by atoms with van der Waals surface area (Å²) in [5.41, 5.74) is -0.306. The highest BCUT2D eigenvalue weighted by Gasteiger charge is 2.17. The lowest BCUT2D eigenvalue weighted by Crippen LogP contribution is -2.21. The van der Waals surface area contributed by atoms with E-state index >= 15 is 0 Å². The number of benzene rings is 1. The number of anilines is 1. The average Bonchev–Trinajstić information content (AvgIpc) is 2.88. The van der Waals surface area contributed by atoms with Gasteiger partial charge in [0, 0.05) is 12.3 Å². The summed E-state index contributed by atoms with van der Waals surface area (Å²) < 4.78 is 42.8. The van der Waals surface area contributed by atoms with Crippen LogP contribution in [0.5, 0.6) is 5.75 Å². The summed E-state index contributed by atoms with van der Waals surface area (Å²) in [6.07, 6.45) is 1.21. The first-order valence-corrected chi connectivity index (χ1v) is 6.16. The van der Waals surface area contributed by atoms with E-state index in [0.29, 0.717) is 6.07 Å². The number of hydrogen-bond donors (Lipinski definition) is 2. The number of hydrogen-bond acceptors (Lipinski definition) is 4. The molecule has 122 valence electrons. The van der Waals surface area contributed by atoms with E-state index in [1.54, 1.807) is 0 Å². The highest BCUT2D eigenvalue weighted by Crippen LogP contribution is 2.27. The van der Waals surface area contributed by atoms with Crippen LogP contribution < -0.4 is 10.1 Å². The number of amides is 1. The van der Waals surface area contributed by atoms with Gasteiger partial charge in [-0.05, 0) is 18.2 Å². The van der Waals surface area contributed by atoms with E-state index in [2.05, 4.69) is 15.2 Å². The van der Waals surface area contributed by atoms with Crippen LogP contribution in [0.2, 0.25) is 0 Å². The van der Waals surface area contributed by atoms with Crippen LogP contribution in [0.3, 0.4) is 0 Å². The predicted molar refractivity (Wildman–Crippen MR) is 70.8 cm³/mol. The van der Waals surface area contributed by atoms with E-state index in [-0.39, 0.29) is 11.4 Å². The van der Waals surface area contributed by atoms with Crippen molar-refractivity contribution in [1.82, 2.24) is 9.78 Å². The first kappa shape index (κ1) is 16.3. The summed E-state index contributed by atoms with van der Waals surface area (Å²) in [4.78, 5) is 22.8. The first-order valence-electron chi connectivity index (χ1n) is 6.16. The van der Waals surface area contributed by atoms with E-state index in [1.165, 1.54) is 12.3 Å². The Kier molecular flexibility index (Phi) is 4.84. The van der Waals surface area contributed by atoms with Crippen molar-refractivity contribution in [3.8, 4) is 5.75 Å². The molecule has 2 rings (SSSR count). The number of aliphatic carboxylic acids is 1. The summed E-state index contributed by atoms with van der Waals surface area (Å²) in [5.74, 6) is -3.41. The summed E-state index contributed by atoms with van der Waals surface area (Å²) in [5, 5.41) is 14.6. The number of halogens is 3. The number of aromatic nitrogens is 2. The third kappa shape index (κ3) is 4.22. The van der Waals surface area contributed by atoms with Gasteiger partial charge >= 0.3 is 12.6 Å².